The van der Waals surface area contributed by atoms with E-state index in [2.05, 4.69) is 0 Å². The molecular weight excluding hydrogens is 379 g/mol. The average Bonchev–Trinajstić information content (AvgIpc) is 2.67. The van der Waals surface area contributed by atoms with Gasteiger partial charge in [-0.05, 0) is 36.4 Å². The number of nitrogen functional groups attached to an aromatic ring is 2. The van der Waals surface area contributed by atoms with Crippen LogP contribution in [0.5, 0.6) is 0 Å². The average molecular weight is 396 g/mol. The van der Waals surface area contributed by atoms with Crippen LogP contribution < -0.4 is 27.4 Å². The third kappa shape index (κ3) is 3.23. The summed E-state index contributed by atoms with van der Waals surface area (Å²) in [6.45, 7) is 0. The quantitative estimate of drug-likeness (QED) is 0.381. The Balaban J connectivity index is 2.47. The fraction of sp³-hybridized carbons (Fsp3) is 0. The second kappa shape index (κ2) is 7.21. The lowest BCUT2D eigenvalue weighted by molar-refractivity contribution is 0.0688. The van der Waals surface area contributed by atoms with E-state index < -0.39 is 19.1 Å². The lowest BCUT2D eigenvalue weighted by Crippen LogP contribution is -2.32. The number of carboxylic acid groups (broad SMARTS) is 2. The molecule has 3 rings (SSSR count). The Morgan fingerprint density at radius 3 is 1.54 bits per heavy atom. The standard InChI is InChI=1S/C20H17N2O5P/c21-12-6-8-17(15(10-12)19(23)24)28(27,14-4-2-1-3-5-14)18-9-7-13(22)11-16(18)20(25)26/h1-11H,21-22H2,(H,23,24)(H,25,26). The van der Waals surface area contributed by atoms with Gasteiger partial charge in [0.15, 0.2) is 7.14 Å². The Bertz CT molecular complexity index is 1060. The number of carboxylic acids is 2. The highest BCUT2D eigenvalue weighted by molar-refractivity contribution is 7.85. The van der Waals surface area contributed by atoms with Crippen molar-refractivity contribution in [2.45, 2.75) is 0 Å². The molecule has 0 unspecified atom stereocenters. The molecule has 0 aliphatic carbocycles. The van der Waals surface area contributed by atoms with Gasteiger partial charge < -0.3 is 26.2 Å². The fourth-order valence-electron chi connectivity index (χ4n) is 3.04. The van der Waals surface area contributed by atoms with Crippen molar-refractivity contribution in [3.05, 3.63) is 77.9 Å². The summed E-state index contributed by atoms with van der Waals surface area (Å²) < 4.78 is 14.5. The van der Waals surface area contributed by atoms with Crippen molar-refractivity contribution in [3.8, 4) is 0 Å². The molecule has 8 heteroatoms. The first-order chi connectivity index (χ1) is 13.2. The second-order valence-electron chi connectivity index (χ2n) is 6.11. The molecule has 0 fully saturated rings. The van der Waals surface area contributed by atoms with E-state index in [1.807, 2.05) is 0 Å². The van der Waals surface area contributed by atoms with Crippen LogP contribution in [0.1, 0.15) is 20.7 Å². The molecule has 0 atom stereocenters. The Hall–Kier alpha value is -3.57. The van der Waals surface area contributed by atoms with E-state index in [0.717, 1.165) is 0 Å². The first kappa shape index (κ1) is 19.2. The van der Waals surface area contributed by atoms with Crippen LogP contribution in [0.2, 0.25) is 0 Å². The maximum absolute atomic E-state index is 14.5. The number of aromatic carboxylic acids is 2. The molecule has 0 heterocycles. The molecule has 0 radical (unpaired) electrons. The number of benzene rings is 3. The minimum Gasteiger partial charge on any atom is -0.478 e. The Morgan fingerprint density at radius 1 is 0.714 bits per heavy atom. The highest BCUT2D eigenvalue weighted by Crippen LogP contribution is 2.45. The van der Waals surface area contributed by atoms with Crippen LogP contribution in [0.4, 0.5) is 11.4 Å². The van der Waals surface area contributed by atoms with Gasteiger partial charge in [0.2, 0.25) is 0 Å². The molecule has 0 aromatic heterocycles. The van der Waals surface area contributed by atoms with Gasteiger partial charge in [-0.3, -0.25) is 0 Å². The van der Waals surface area contributed by atoms with Crippen LogP contribution in [-0.4, -0.2) is 22.2 Å². The summed E-state index contributed by atoms with van der Waals surface area (Å²) in [5, 5.41) is 19.6. The predicted molar refractivity (Wildman–Crippen MR) is 109 cm³/mol. The third-order valence-corrected chi connectivity index (χ3v) is 7.46. The smallest absolute Gasteiger partial charge is 0.336 e. The van der Waals surface area contributed by atoms with Crippen molar-refractivity contribution < 1.29 is 24.4 Å². The van der Waals surface area contributed by atoms with Crippen molar-refractivity contribution in [2.75, 3.05) is 11.5 Å². The number of rotatable bonds is 5. The molecule has 28 heavy (non-hydrogen) atoms. The zero-order valence-corrected chi connectivity index (χ0v) is 15.5. The first-order valence-electron chi connectivity index (χ1n) is 8.17. The van der Waals surface area contributed by atoms with Gasteiger partial charge in [0.05, 0.1) is 11.1 Å². The SMILES string of the molecule is Nc1ccc(P(=O)(c2ccccc2)c2ccc(N)cc2C(=O)O)c(C(=O)O)c1. The molecule has 0 spiro atoms. The van der Waals surface area contributed by atoms with Crippen LogP contribution in [0.25, 0.3) is 0 Å². The highest BCUT2D eigenvalue weighted by atomic mass is 31.2. The van der Waals surface area contributed by atoms with E-state index in [1.165, 1.54) is 36.4 Å². The van der Waals surface area contributed by atoms with Gasteiger partial charge >= 0.3 is 11.9 Å². The predicted octanol–water partition coefficient (Wildman–Crippen LogP) is 1.89. The lowest BCUT2D eigenvalue weighted by atomic mass is 10.2. The fourth-order valence-corrected chi connectivity index (χ4v) is 6.02. The van der Waals surface area contributed by atoms with E-state index in [1.54, 1.807) is 30.3 Å². The topological polar surface area (TPSA) is 144 Å². The van der Waals surface area contributed by atoms with E-state index in [9.17, 15) is 24.4 Å². The van der Waals surface area contributed by atoms with Gasteiger partial charge in [-0.2, -0.15) is 0 Å². The summed E-state index contributed by atoms with van der Waals surface area (Å²) in [6.07, 6.45) is 0. The molecule has 142 valence electrons. The van der Waals surface area contributed by atoms with Crippen molar-refractivity contribution in [1.82, 2.24) is 0 Å². The molecule has 0 bridgehead atoms. The summed E-state index contributed by atoms with van der Waals surface area (Å²) in [7, 11) is -3.87. The number of hydrogen-bond donors (Lipinski definition) is 4. The van der Waals surface area contributed by atoms with Gasteiger partial charge in [0.1, 0.15) is 0 Å². The van der Waals surface area contributed by atoms with E-state index in [0.29, 0.717) is 5.30 Å². The second-order valence-corrected chi connectivity index (χ2v) is 8.81. The summed E-state index contributed by atoms with van der Waals surface area (Å²) in [4.78, 5) is 23.7. The summed E-state index contributed by atoms with van der Waals surface area (Å²) in [5.74, 6) is -2.63. The minimum absolute atomic E-state index is 0.00679. The summed E-state index contributed by atoms with van der Waals surface area (Å²) in [5.41, 5.74) is 11.3. The molecule has 0 amide bonds. The maximum Gasteiger partial charge on any atom is 0.336 e. The third-order valence-electron chi connectivity index (χ3n) is 4.30. The molecular formula is C20H17N2O5P. The first-order valence-corrected chi connectivity index (χ1v) is 9.88. The Kier molecular flexibility index (Phi) is 4.94. The monoisotopic (exact) mass is 396 g/mol. The van der Waals surface area contributed by atoms with Gasteiger partial charge in [0.25, 0.3) is 0 Å². The molecule has 3 aromatic carbocycles. The molecule has 7 nitrogen and oxygen atoms in total. The number of hydrogen-bond acceptors (Lipinski definition) is 5. The van der Waals surface area contributed by atoms with Crippen LogP contribution in [0.3, 0.4) is 0 Å². The van der Waals surface area contributed by atoms with E-state index >= 15 is 0 Å². The number of carbonyl (C=O) groups is 2. The minimum atomic E-state index is -3.87. The van der Waals surface area contributed by atoms with Crippen molar-refractivity contribution in [1.29, 1.82) is 0 Å². The molecule has 3 aromatic rings. The molecule has 0 saturated heterocycles. The summed E-state index contributed by atoms with van der Waals surface area (Å²) >= 11 is 0. The molecule has 6 N–H and O–H groups in total. The van der Waals surface area contributed by atoms with Gasteiger partial charge in [-0.1, -0.05) is 30.3 Å². The largest absolute Gasteiger partial charge is 0.478 e. The van der Waals surface area contributed by atoms with Crippen LogP contribution >= 0.6 is 7.14 Å². The van der Waals surface area contributed by atoms with Crippen molar-refractivity contribution >= 4 is 46.4 Å². The van der Waals surface area contributed by atoms with E-state index in [4.69, 9.17) is 11.5 Å². The highest BCUT2D eigenvalue weighted by Gasteiger charge is 2.36. The molecule has 0 saturated carbocycles. The lowest BCUT2D eigenvalue weighted by Gasteiger charge is -2.23. The molecule has 0 aliphatic rings. The Labute approximate surface area is 160 Å². The van der Waals surface area contributed by atoms with Gasteiger partial charge in [0, 0.05) is 27.3 Å². The summed E-state index contributed by atoms with van der Waals surface area (Å²) in [6, 6.07) is 16.2. The zero-order chi connectivity index (χ0) is 20.5. The zero-order valence-electron chi connectivity index (χ0n) is 14.6. The van der Waals surface area contributed by atoms with Crippen molar-refractivity contribution in [2.24, 2.45) is 0 Å². The number of anilines is 2. The van der Waals surface area contributed by atoms with Crippen LogP contribution in [0, 0.1) is 0 Å². The van der Waals surface area contributed by atoms with Gasteiger partial charge in [-0.25, -0.2) is 9.59 Å². The molecule has 0 aliphatic heterocycles. The Morgan fingerprint density at radius 2 is 1.14 bits per heavy atom. The van der Waals surface area contributed by atoms with Crippen LogP contribution in [0.15, 0.2) is 66.7 Å². The van der Waals surface area contributed by atoms with E-state index in [-0.39, 0.29) is 33.1 Å². The van der Waals surface area contributed by atoms with Gasteiger partial charge in [-0.15, -0.1) is 0 Å². The number of nitrogens with two attached hydrogens (primary N) is 2. The normalized spacial score (nSPS) is 11.1. The maximum atomic E-state index is 14.5. The van der Waals surface area contributed by atoms with Crippen molar-refractivity contribution in [3.63, 3.8) is 0 Å². The van der Waals surface area contributed by atoms with Crippen LogP contribution in [-0.2, 0) is 4.57 Å².